The summed E-state index contributed by atoms with van der Waals surface area (Å²) in [5.41, 5.74) is 9.10. The van der Waals surface area contributed by atoms with E-state index in [4.69, 9.17) is 10.2 Å². The standard InChI is InChI=1S/C12H11N5OS/c1-7-4-8-5-9(2-3-10(8)18-7)15-11(13)16-12-17-14-6-19-12/h2-6H,1H3,(H3,13,15,16,17). The number of nitrogens with one attached hydrogen (secondary N) is 1. The predicted octanol–water partition coefficient (Wildman–Crippen LogP) is 2.65. The van der Waals surface area contributed by atoms with Crippen molar-refractivity contribution in [2.75, 3.05) is 5.32 Å². The second-order valence-electron chi connectivity index (χ2n) is 3.95. The number of rotatable bonds is 2. The number of guanidine groups is 1. The van der Waals surface area contributed by atoms with Crippen LogP contribution in [-0.4, -0.2) is 16.2 Å². The molecule has 6 nitrogen and oxygen atoms in total. The van der Waals surface area contributed by atoms with E-state index < -0.39 is 0 Å². The molecule has 0 saturated heterocycles. The first kappa shape index (κ1) is 11.7. The molecule has 0 aliphatic heterocycles. The number of nitrogens with zero attached hydrogens (tertiary/aromatic N) is 3. The van der Waals surface area contributed by atoms with Crippen molar-refractivity contribution in [1.82, 2.24) is 10.2 Å². The van der Waals surface area contributed by atoms with Crippen molar-refractivity contribution in [2.24, 2.45) is 10.7 Å². The summed E-state index contributed by atoms with van der Waals surface area (Å²) in [6.07, 6.45) is 0. The van der Waals surface area contributed by atoms with Gasteiger partial charge >= 0.3 is 0 Å². The highest BCUT2D eigenvalue weighted by Gasteiger charge is 2.03. The molecule has 0 spiro atoms. The maximum absolute atomic E-state index is 5.80. The van der Waals surface area contributed by atoms with E-state index in [1.54, 1.807) is 5.51 Å². The van der Waals surface area contributed by atoms with Gasteiger partial charge in [-0.2, -0.15) is 4.99 Å². The second kappa shape index (κ2) is 4.69. The molecule has 19 heavy (non-hydrogen) atoms. The maximum atomic E-state index is 5.80. The molecule has 0 aliphatic carbocycles. The Hall–Kier alpha value is -2.41. The van der Waals surface area contributed by atoms with Crippen molar-refractivity contribution in [3.8, 4) is 0 Å². The molecule has 3 rings (SSSR count). The monoisotopic (exact) mass is 273 g/mol. The molecular formula is C12H11N5OS. The molecule has 0 fully saturated rings. The van der Waals surface area contributed by atoms with Crippen molar-refractivity contribution >= 4 is 39.1 Å². The smallest absolute Gasteiger partial charge is 0.234 e. The fourth-order valence-corrected chi connectivity index (χ4v) is 2.18. The van der Waals surface area contributed by atoms with Crippen LogP contribution in [0, 0.1) is 6.92 Å². The number of aromatic nitrogens is 2. The van der Waals surface area contributed by atoms with E-state index in [0.717, 1.165) is 22.4 Å². The first-order chi connectivity index (χ1) is 9.20. The molecule has 96 valence electrons. The summed E-state index contributed by atoms with van der Waals surface area (Å²) in [6.45, 7) is 1.92. The zero-order valence-corrected chi connectivity index (χ0v) is 10.9. The number of hydrogen-bond donors (Lipinski definition) is 2. The largest absolute Gasteiger partial charge is 0.461 e. The molecule has 0 unspecified atom stereocenters. The molecule has 7 heteroatoms. The number of nitrogens with two attached hydrogens (primary N) is 1. The van der Waals surface area contributed by atoms with E-state index >= 15 is 0 Å². The van der Waals surface area contributed by atoms with Crippen LogP contribution in [0.15, 0.2) is 39.2 Å². The molecule has 3 N–H and O–H groups in total. The highest BCUT2D eigenvalue weighted by molar-refractivity contribution is 7.13. The molecule has 2 heterocycles. The van der Waals surface area contributed by atoms with Gasteiger partial charge < -0.3 is 15.5 Å². The summed E-state index contributed by atoms with van der Waals surface area (Å²) in [7, 11) is 0. The Kier molecular flexibility index (Phi) is 2.88. The number of anilines is 1. The third kappa shape index (κ3) is 2.55. The van der Waals surface area contributed by atoms with Gasteiger partial charge in [0.05, 0.1) is 0 Å². The third-order valence-corrected chi connectivity index (χ3v) is 3.06. The van der Waals surface area contributed by atoms with E-state index in [0.29, 0.717) is 5.13 Å². The number of fused-ring (bicyclic) bond motifs is 1. The number of hydrogen-bond acceptors (Lipinski definition) is 5. The van der Waals surface area contributed by atoms with Gasteiger partial charge in [0.1, 0.15) is 16.9 Å². The molecule has 0 bridgehead atoms. The summed E-state index contributed by atoms with van der Waals surface area (Å²) in [5, 5.41) is 12.0. The van der Waals surface area contributed by atoms with Crippen LogP contribution in [0.3, 0.4) is 0 Å². The highest BCUT2D eigenvalue weighted by atomic mass is 32.1. The molecule has 0 amide bonds. The molecule has 0 radical (unpaired) electrons. The van der Waals surface area contributed by atoms with E-state index in [9.17, 15) is 0 Å². The summed E-state index contributed by atoms with van der Waals surface area (Å²) < 4.78 is 5.51. The van der Waals surface area contributed by atoms with Crippen molar-refractivity contribution in [3.05, 3.63) is 35.5 Å². The number of furan rings is 1. The number of aliphatic imine (C=N–C) groups is 1. The molecule has 0 atom stereocenters. The van der Waals surface area contributed by atoms with Gasteiger partial charge in [0.15, 0.2) is 0 Å². The SMILES string of the molecule is Cc1cc2cc(N/C(N)=N\c3nncs3)ccc2o1. The Morgan fingerprint density at radius 3 is 3.11 bits per heavy atom. The first-order valence-corrected chi connectivity index (χ1v) is 6.46. The average molecular weight is 273 g/mol. The first-order valence-electron chi connectivity index (χ1n) is 5.58. The topological polar surface area (TPSA) is 89.3 Å². The average Bonchev–Trinajstić information content (AvgIpc) is 2.96. The van der Waals surface area contributed by atoms with Crippen molar-refractivity contribution in [2.45, 2.75) is 6.92 Å². The van der Waals surface area contributed by atoms with Crippen molar-refractivity contribution in [1.29, 1.82) is 0 Å². The van der Waals surface area contributed by atoms with Crippen LogP contribution in [0.1, 0.15) is 5.76 Å². The highest BCUT2D eigenvalue weighted by Crippen LogP contribution is 2.22. The molecule has 3 aromatic rings. The lowest BCUT2D eigenvalue weighted by Crippen LogP contribution is -2.21. The van der Waals surface area contributed by atoms with Gasteiger partial charge in [-0.15, -0.1) is 10.2 Å². The van der Waals surface area contributed by atoms with E-state index in [1.807, 2.05) is 31.2 Å². The lowest BCUT2D eigenvalue weighted by atomic mass is 10.2. The summed E-state index contributed by atoms with van der Waals surface area (Å²) >= 11 is 1.32. The lowest BCUT2D eigenvalue weighted by Gasteiger charge is -2.04. The summed E-state index contributed by atoms with van der Waals surface area (Å²) in [5.74, 6) is 1.15. The molecule has 1 aromatic carbocycles. The van der Waals surface area contributed by atoms with Crippen molar-refractivity contribution in [3.63, 3.8) is 0 Å². The second-order valence-corrected chi connectivity index (χ2v) is 4.76. The zero-order valence-electron chi connectivity index (χ0n) is 10.1. The van der Waals surface area contributed by atoms with Gasteiger partial charge in [-0.25, -0.2) is 0 Å². The van der Waals surface area contributed by atoms with Gasteiger partial charge in [0, 0.05) is 11.1 Å². The molecular weight excluding hydrogens is 262 g/mol. The Balaban J connectivity index is 1.84. The minimum atomic E-state index is 0.274. The maximum Gasteiger partial charge on any atom is 0.234 e. The van der Waals surface area contributed by atoms with E-state index in [-0.39, 0.29) is 5.96 Å². The van der Waals surface area contributed by atoms with Gasteiger partial charge in [-0.05, 0) is 31.2 Å². The van der Waals surface area contributed by atoms with E-state index in [1.165, 1.54) is 11.3 Å². The fourth-order valence-electron chi connectivity index (χ4n) is 1.75. The van der Waals surface area contributed by atoms with Gasteiger partial charge in [-0.1, -0.05) is 11.3 Å². The minimum Gasteiger partial charge on any atom is -0.461 e. The summed E-state index contributed by atoms with van der Waals surface area (Å²) in [4.78, 5) is 4.10. The third-order valence-electron chi connectivity index (χ3n) is 2.48. The number of aryl methyl sites for hydroxylation is 1. The predicted molar refractivity (Wildman–Crippen MR) is 75.8 cm³/mol. The van der Waals surface area contributed by atoms with Crippen LogP contribution in [0.5, 0.6) is 0 Å². The Bertz CT molecular complexity index is 732. The Morgan fingerprint density at radius 2 is 2.32 bits per heavy atom. The quantitative estimate of drug-likeness (QED) is 0.553. The lowest BCUT2D eigenvalue weighted by molar-refractivity contribution is 0.578. The van der Waals surface area contributed by atoms with Crippen LogP contribution in [-0.2, 0) is 0 Å². The van der Waals surface area contributed by atoms with Crippen LogP contribution >= 0.6 is 11.3 Å². The van der Waals surface area contributed by atoms with Gasteiger partial charge in [-0.3, -0.25) is 0 Å². The summed E-state index contributed by atoms with van der Waals surface area (Å²) in [6, 6.07) is 7.70. The van der Waals surface area contributed by atoms with Crippen LogP contribution in [0.25, 0.3) is 11.0 Å². The van der Waals surface area contributed by atoms with Crippen LogP contribution in [0.4, 0.5) is 10.8 Å². The molecule has 0 aliphatic rings. The molecule has 0 saturated carbocycles. The normalized spacial score (nSPS) is 11.9. The number of benzene rings is 1. The van der Waals surface area contributed by atoms with E-state index in [2.05, 4.69) is 20.5 Å². The van der Waals surface area contributed by atoms with Crippen molar-refractivity contribution < 1.29 is 4.42 Å². The Morgan fingerprint density at radius 1 is 1.42 bits per heavy atom. The molecule has 2 aromatic heterocycles. The fraction of sp³-hybridized carbons (Fsp3) is 0.0833. The van der Waals surface area contributed by atoms with Gasteiger partial charge in [0.25, 0.3) is 0 Å². The van der Waals surface area contributed by atoms with Crippen LogP contribution in [0.2, 0.25) is 0 Å². The minimum absolute atomic E-state index is 0.274. The Labute approximate surface area is 113 Å². The zero-order chi connectivity index (χ0) is 13.2. The van der Waals surface area contributed by atoms with Crippen LogP contribution < -0.4 is 11.1 Å². The van der Waals surface area contributed by atoms with Gasteiger partial charge in [0.2, 0.25) is 11.1 Å².